The molecular formula is C18H26O2. The topological polar surface area (TPSA) is 18.5 Å². The van der Waals surface area contributed by atoms with Crippen LogP contribution in [0.3, 0.4) is 0 Å². The maximum atomic E-state index is 5.88. The van der Waals surface area contributed by atoms with Gasteiger partial charge in [0.25, 0.3) is 0 Å². The fraction of sp³-hybridized carbons (Fsp3) is 0.667. The van der Waals surface area contributed by atoms with E-state index in [-0.39, 0.29) is 5.79 Å². The van der Waals surface area contributed by atoms with Crippen molar-refractivity contribution in [2.24, 2.45) is 0 Å². The molecule has 1 saturated carbocycles. The van der Waals surface area contributed by atoms with Crippen LogP contribution in [0.25, 0.3) is 0 Å². The first-order chi connectivity index (χ1) is 9.72. The highest BCUT2D eigenvalue weighted by Gasteiger charge is 2.46. The highest BCUT2D eigenvalue weighted by atomic mass is 16.7. The zero-order valence-electron chi connectivity index (χ0n) is 12.8. The second-order valence-electron chi connectivity index (χ2n) is 6.30. The second-order valence-corrected chi connectivity index (χ2v) is 6.30. The van der Waals surface area contributed by atoms with E-state index in [1.54, 1.807) is 0 Å². The summed E-state index contributed by atoms with van der Waals surface area (Å²) in [5.41, 5.74) is 3.29. The molecule has 3 rings (SSSR count). The molecule has 0 radical (unpaired) electrons. The van der Waals surface area contributed by atoms with Crippen molar-refractivity contribution in [3.8, 4) is 0 Å². The molecule has 1 spiro atoms. The van der Waals surface area contributed by atoms with Gasteiger partial charge in [-0.3, -0.25) is 0 Å². The van der Waals surface area contributed by atoms with E-state index in [0.29, 0.717) is 5.41 Å². The predicted octanol–water partition coefficient (Wildman–Crippen LogP) is 4.21. The van der Waals surface area contributed by atoms with Gasteiger partial charge in [0.2, 0.25) is 0 Å². The third-order valence-electron chi connectivity index (χ3n) is 5.41. The third-order valence-corrected chi connectivity index (χ3v) is 5.41. The fourth-order valence-corrected chi connectivity index (χ4v) is 3.86. The molecule has 0 aromatic heterocycles. The van der Waals surface area contributed by atoms with Crippen LogP contribution in [0, 0.1) is 0 Å². The van der Waals surface area contributed by atoms with Crippen molar-refractivity contribution in [1.82, 2.24) is 0 Å². The van der Waals surface area contributed by atoms with E-state index in [4.69, 9.17) is 9.47 Å². The Bertz CT molecular complexity index is 450. The lowest BCUT2D eigenvalue weighted by atomic mass is 9.66. The Morgan fingerprint density at radius 2 is 1.70 bits per heavy atom. The second kappa shape index (κ2) is 5.50. The minimum Gasteiger partial charge on any atom is -0.348 e. The first-order valence-corrected chi connectivity index (χ1v) is 8.09. The van der Waals surface area contributed by atoms with Gasteiger partial charge < -0.3 is 9.47 Å². The normalized spacial score (nSPS) is 24.1. The zero-order valence-corrected chi connectivity index (χ0v) is 12.8. The Labute approximate surface area is 122 Å². The Kier molecular flexibility index (Phi) is 3.87. The largest absolute Gasteiger partial charge is 0.348 e. The van der Waals surface area contributed by atoms with Gasteiger partial charge >= 0.3 is 0 Å². The molecule has 20 heavy (non-hydrogen) atoms. The Morgan fingerprint density at radius 1 is 1.00 bits per heavy atom. The summed E-state index contributed by atoms with van der Waals surface area (Å²) >= 11 is 0. The van der Waals surface area contributed by atoms with Crippen LogP contribution in [0.15, 0.2) is 24.3 Å². The molecule has 1 aromatic carbocycles. The van der Waals surface area contributed by atoms with Gasteiger partial charge in [-0.05, 0) is 42.2 Å². The SMILES string of the molecule is CCc1cccc(C2(CC)CCC3(CC2)OCCO3)c1. The number of rotatable bonds is 3. The Balaban J connectivity index is 1.82. The molecule has 2 aliphatic rings. The standard InChI is InChI=1S/C18H26O2/c1-3-15-6-5-7-16(14-15)17(4-2)8-10-18(11-9-17)19-12-13-20-18/h5-7,14H,3-4,8-13H2,1-2H3. The summed E-state index contributed by atoms with van der Waals surface area (Å²) in [6.45, 7) is 6.09. The van der Waals surface area contributed by atoms with E-state index in [9.17, 15) is 0 Å². The number of aryl methyl sites for hydroxylation is 1. The third kappa shape index (κ3) is 2.40. The van der Waals surface area contributed by atoms with E-state index in [2.05, 4.69) is 38.1 Å². The first kappa shape index (κ1) is 14.1. The summed E-state index contributed by atoms with van der Waals surface area (Å²) in [7, 11) is 0. The summed E-state index contributed by atoms with van der Waals surface area (Å²) in [6.07, 6.45) is 6.75. The minimum absolute atomic E-state index is 0.249. The lowest BCUT2D eigenvalue weighted by molar-refractivity contribution is -0.185. The molecular weight excluding hydrogens is 248 g/mol. The lowest BCUT2D eigenvalue weighted by Crippen LogP contribution is -2.41. The van der Waals surface area contributed by atoms with Crippen LogP contribution in [0.4, 0.5) is 0 Å². The van der Waals surface area contributed by atoms with Crippen LogP contribution in [-0.2, 0) is 21.3 Å². The van der Waals surface area contributed by atoms with Crippen molar-refractivity contribution in [3.05, 3.63) is 35.4 Å². The van der Waals surface area contributed by atoms with Crippen molar-refractivity contribution in [2.75, 3.05) is 13.2 Å². The maximum Gasteiger partial charge on any atom is 0.168 e. The summed E-state index contributed by atoms with van der Waals surface area (Å²) < 4.78 is 11.8. The van der Waals surface area contributed by atoms with Crippen LogP contribution in [-0.4, -0.2) is 19.0 Å². The van der Waals surface area contributed by atoms with E-state index >= 15 is 0 Å². The van der Waals surface area contributed by atoms with Crippen LogP contribution < -0.4 is 0 Å². The van der Waals surface area contributed by atoms with Crippen LogP contribution in [0.1, 0.15) is 57.1 Å². The lowest BCUT2D eigenvalue weighted by Gasteiger charge is -2.44. The van der Waals surface area contributed by atoms with E-state index in [1.807, 2.05) is 0 Å². The average Bonchev–Trinajstić information content (AvgIpc) is 2.97. The van der Waals surface area contributed by atoms with Crippen molar-refractivity contribution in [2.45, 2.75) is 63.6 Å². The van der Waals surface area contributed by atoms with Gasteiger partial charge in [-0.25, -0.2) is 0 Å². The smallest absolute Gasteiger partial charge is 0.168 e. The highest BCUT2D eigenvalue weighted by Crippen LogP contribution is 2.48. The Morgan fingerprint density at radius 3 is 2.30 bits per heavy atom. The van der Waals surface area contributed by atoms with Crippen LogP contribution in [0.5, 0.6) is 0 Å². The molecule has 110 valence electrons. The molecule has 1 aromatic rings. The van der Waals surface area contributed by atoms with E-state index in [1.165, 1.54) is 30.4 Å². The molecule has 2 nitrogen and oxygen atoms in total. The Hall–Kier alpha value is -0.860. The molecule has 2 fully saturated rings. The molecule has 0 atom stereocenters. The van der Waals surface area contributed by atoms with Crippen molar-refractivity contribution in [1.29, 1.82) is 0 Å². The summed E-state index contributed by atoms with van der Waals surface area (Å²) in [6, 6.07) is 9.19. The van der Waals surface area contributed by atoms with Gasteiger partial charge in [-0.1, -0.05) is 38.1 Å². The van der Waals surface area contributed by atoms with Crippen molar-refractivity contribution >= 4 is 0 Å². The van der Waals surface area contributed by atoms with E-state index < -0.39 is 0 Å². The maximum absolute atomic E-state index is 5.88. The molecule has 0 unspecified atom stereocenters. The molecule has 1 aliphatic carbocycles. The molecule has 0 amide bonds. The summed E-state index contributed by atoms with van der Waals surface area (Å²) in [5, 5.41) is 0. The van der Waals surface area contributed by atoms with Gasteiger partial charge in [0, 0.05) is 12.8 Å². The molecule has 0 N–H and O–H groups in total. The summed E-state index contributed by atoms with van der Waals surface area (Å²) in [5.74, 6) is -0.249. The number of hydrogen-bond acceptors (Lipinski definition) is 2. The van der Waals surface area contributed by atoms with Crippen LogP contribution in [0.2, 0.25) is 0 Å². The van der Waals surface area contributed by atoms with Gasteiger partial charge in [0.15, 0.2) is 5.79 Å². The van der Waals surface area contributed by atoms with Crippen LogP contribution >= 0.6 is 0 Å². The van der Waals surface area contributed by atoms with E-state index in [0.717, 1.165) is 32.5 Å². The summed E-state index contributed by atoms with van der Waals surface area (Å²) in [4.78, 5) is 0. The molecule has 1 aliphatic heterocycles. The molecule has 2 heteroatoms. The van der Waals surface area contributed by atoms with Gasteiger partial charge in [-0.15, -0.1) is 0 Å². The van der Waals surface area contributed by atoms with Gasteiger partial charge in [0.1, 0.15) is 0 Å². The number of ether oxygens (including phenoxy) is 2. The van der Waals surface area contributed by atoms with Crippen molar-refractivity contribution in [3.63, 3.8) is 0 Å². The monoisotopic (exact) mass is 274 g/mol. The number of benzene rings is 1. The van der Waals surface area contributed by atoms with Crippen molar-refractivity contribution < 1.29 is 9.47 Å². The number of hydrogen-bond donors (Lipinski definition) is 0. The zero-order chi connectivity index (χ0) is 14.1. The molecule has 1 saturated heterocycles. The average molecular weight is 274 g/mol. The highest BCUT2D eigenvalue weighted by molar-refractivity contribution is 5.31. The molecule has 0 bridgehead atoms. The molecule has 1 heterocycles. The first-order valence-electron chi connectivity index (χ1n) is 8.09. The quantitative estimate of drug-likeness (QED) is 0.822. The minimum atomic E-state index is -0.249. The van der Waals surface area contributed by atoms with Gasteiger partial charge in [-0.2, -0.15) is 0 Å². The predicted molar refractivity (Wildman–Crippen MR) is 80.9 cm³/mol. The van der Waals surface area contributed by atoms with Gasteiger partial charge in [0.05, 0.1) is 13.2 Å². The fourth-order valence-electron chi connectivity index (χ4n) is 3.86.